The van der Waals surface area contributed by atoms with Crippen molar-refractivity contribution >= 4 is 50.8 Å². The molecule has 3 amide bonds. The van der Waals surface area contributed by atoms with Crippen molar-refractivity contribution in [2.24, 2.45) is 0 Å². The lowest BCUT2D eigenvalue weighted by Gasteiger charge is -2.22. The zero-order valence-electron chi connectivity index (χ0n) is 19.2. The van der Waals surface area contributed by atoms with Gasteiger partial charge in [0.2, 0.25) is 5.91 Å². The van der Waals surface area contributed by atoms with Gasteiger partial charge in [-0.05, 0) is 86.8 Å². The fourth-order valence-electron chi connectivity index (χ4n) is 4.43. The number of hydrogen-bond acceptors (Lipinski definition) is 4. The van der Waals surface area contributed by atoms with Crippen molar-refractivity contribution in [1.82, 2.24) is 14.4 Å². The highest BCUT2D eigenvalue weighted by molar-refractivity contribution is 9.10. The van der Waals surface area contributed by atoms with Crippen LogP contribution in [-0.2, 0) is 9.59 Å². The van der Waals surface area contributed by atoms with Crippen LogP contribution in [0.2, 0.25) is 0 Å². The molecule has 1 aromatic heterocycles. The van der Waals surface area contributed by atoms with Gasteiger partial charge >= 0.3 is 0 Å². The predicted molar refractivity (Wildman–Crippen MR) is 135 cm³/mol. The summed E-state index contributed by atoms with van der Waals surface area (Å²) in [6.45, 7) is 7.29. The zero-order valence-corrected chi connectivity index (χ0v) is 21.6. The third-order valence-corrected chi connectivity index (χ3v) is 8.08. The molecule has 3 heterocycles. The second kappa shape index (κ2) is 9.89. The number of likely N-dealkylation sites (tertiary alicyclic amines) is 1. The van der Waals surface area contributed by atoms with Gasteiger partial charge in [0.15, 0.2) is 0 Å². The van der Waals surface area contributed by atoms with E-state index in [-0.39, 0.29) is 17.7 Å². The van der Waals surface area contributed by atoms with E-state index >= 15 is 0 Å². The van der Waals surface area contributed by atoms with Crippen LogP contribution in [0.15, 0.2) is 33.6 Å². The molecule has 2 aliphatic rings. The lowest BCUT2D eigenvalue weighted by molar-refractivity contribution is -0.135. The van der Waals surface area contributed by atoms with Gasteiger partial charge in [0.05, 0.1) is 4.91 Å². The number of imide groups is 1. The highest BCUT2D eigenvalue weighted by Gasteiger charge is 2.37. The lowest BCUT2D eigenvalue weighted by atomic mass is 10.2. The van der Waals surface area contributed by atoms with Crippen LogP contribution in [0.3, 0.4) is 0 Å². The van der Waals surface area contributed by atoms with Crippen molar-refractivity contribution in [2.75, 3.05) is 19.6 Å². The summed E-state index contributed by atoms with van der Waals surface area (Å²) in [5.41, 5.74) is 5.09. The van der Waals surface area contributed by atoms with Gasteiger partial charge in [-0.3, -0.25) is 19.3 Å². The minimum atomic E-state index is -0.391. The molecule has 0 radical (unpaired) electrons. The third-order valence-electron chi connectivity index (χ3n) is 6.28. The van der Waals surface area contributed by atoms with Crippen LogP contribution in [0.1, 0.15) is 48.2 Å². The number of rotatable bonds is 4. The van der Waals surface area contributed by atoms with E-state index in [2.05, 4.69) is 26.6 Å². The molecule has 0 saturated carbocycles. The summed E-state index contributed by atoms with van der Waals surface area (Å²) in [6, 6.07) is 8.19. The van der Waals surface area contributed by atoms with E-state index in [0.29, 0.717) is 18.0 Å². The Morgan fingerprint density at radius 1 is 1.06 bits per heavy atom. The predicted octanol–water partition coefficient (Wildman–Crippen LogP) is 5.60. The van der Waals surface area contributed by atoms with Crippen molar-refractivity contribution in [3.05, 3.63) is 56.2 Å². The molecular weight excluding hydrogens is 502 g/mol. The van der Waals surface area contributed by atoms with E-state index < -0.39 is 5.91 Å². The Kier molecular flexibility index (Phi) is 7.14. The van der Waals surface area contributed by atoms with Crippen molar-refractivity contribution in [1.29, 1.82) is 0 Å². The van der Waals surface area contributed by atoms with Crippen LogP contribution in [0.5, 0.6) is 0 Å². The van der Waals surface area contributed by atoms with E-state index in [9.17, 15) is 14.4 Å². The first-order valence-electron chi connectivity index (χ1n) is 11.2. The van der Waals surface area contributed by atoms with Crippen LogP contribution in [-0.4, -0.2) is 51.1 Å². The maximum absolute atomic E-state index is 13.0. The fraction of sp³-hybridized carbons (Fsp3) is 0.400. The number of benzene rings is 1. The van der Waals surface area contributed by atoms with Crippen LogP contribution in [0.25, 0.3) is 11.8 Å². The Hall–Kier alpha value is -2.32. The smallest absolute Gasteiger partial charge is 0.294 e. The Morgan fingerprint density at radius 2 is 1.76 bits per heavy atom. The number of aryl methyl sites for hydroxylation is 2. The van der Waals surface area contributed by atoms with E-state index in [0.717, 1.165) is 75.0 Å². The number of amides is 3. The van der Waals surface area contributed by atoms with Gasteiger partial charge in [-0.25, -0.2) is 0 Å². The molecule has 0 bridgehead atoms. The van der Waals surface area contributed by atoms with Crippen molar-refractivity contribution in [3.63, 3.8) is 0 Å². The normalized spacial score (nSPS) is 18.4. The highest BCUT2D eigenvalue weighted by Crippen LogP contribution is 2.34. The zero-order chi connectivity index (χ0) is 23.7. The van der Waals surface area contributed by atoms with Gasteiger partial charge in [-0.1, -0.05) is 28.8 Å². The number of carbonyl (C=O) groups excluding carboxylic acids is 3. The van der Waals surface area contributed by atoms with Crippen LogP contribution in [0, 0.1) is 20.8 Å². The fourth-order valence-corrected chi connectivity index (χ4v) is 5.51. The van der Waals surface area contributed by atoms with Gasteiger partial charge in [0.25, 0.3) is 11.1 Å². The van der Waals surface area contributed by atoms with E-state index in [4.69, 9.17) is 0 Å². The molecule has 33 heavy (non-hydrogen) atoms. The average Bonchev–Trinajstić information content (AvgIpc) is 3.07. The van der Waals surface area contributed by atoms with Gasteiger partial charge in [0, 0.05) is 34.6 Å². The molecule has 2 saturated heterocycles. The van der Waals surface area contributed by atoms with Gasteiger partial charge in [-0.2, -0.15) is 0 Å². The van der Waals surface area contributed by atoms with Crippen molar-refractivity contribution in [2.45, 2.75) is 46.5 Å². The Labute approximate surface area is 207 Å². The van der Waals surface area contributed by atoms with Gasteiger partial charge in [-0.15, -0.1) is 0 Å². The standard InChI is InChI=1S/C25H28BrN3O3S/c1-16-12-20(8-9-21(16)26)29-17(2)13-19(18(29)3)14-22-24(31)28(25(32)33-22)15-23(30)27-10-6-4-5-7-11-27/h8-9,12-14H,4-7,10-11,15H2,1-3H3. The molecule has 8 heteroatoms. The molecule has 4 rings (SSSR count). The number of hydrogen-bond donors (Lipinski definition) is 0. The monoisotopic (exact) mass is 529 g/mol. The number of carbonyl (C=O) groups is 3. The van der Waals surface area contributed by atoms with Crippen LogP contribution < -0.4 is 0 Å². The van der Waals surface area contributed by atoms with Gasteiger partial charge < -0.3 is 9.47 Å². The Balaban J connectivity index is 1.55. The largest absolute Gasteiger partial charge is 0.341 e. The molecule has 6 nitrogen and oxygen atoms in total. The van der Waals surface area contributed by atoms with Crippen molar-refractivity contribution in [3.8, 4) is 5.69 Å². The molecule has 0 N–H and O–H groups in total. The molecule has 1 aromatic carbocycles. The molecule has 0 aliphatic carbocycles. The topological polar surface area (TPSA) is 62.6 Å². The number of halogens is 1. The lowest BCUT2D eigenvalue weighted by Crippen LogP contribution is -2.42. The minimum absolute atomic E-state index is 0.149. The molecule has 2 fully saturated rings. The maximum Gasteiger partial charge on any atom is 0.294 e. The van der Waals surface area contributed by atoms with E-state index in [1.165, 1.54) is 0 Å². The van der Waals surface area contributed by atoms with E-state index in [1.807, 2.05) is 39.0 Å². The second-order valence-electron chi connectivity index (χ2n) is 8.66. The summed E-state index contributed by atoms with van der Waals surface area (Å²) in [4.78, 5) is 41.5. The molecule has 0 spiro atoms. The SMILES string of the molecule is Cc1cc(-n2c(C)cc(C=C3SC(=O)N(CC(=O)N4CCCCCC4)C3=O)c2C)ccc1Br. The number of nitrogens with zero attached hydrogens (tertiary/aromatic N) is 3. The Morgan fingerprint density at radius 3 is 2.42 bits per heavy atom. The quantitative estimate of drug-likeness (QED) is 0.483. The summed E-state index contributed by atoms with van der Waals surface area (Å²) in [5.74, 6) is -0.540. The summed E-state index contributed by atoms with van der Waals surface area (Å²) < 4.78 is 3.19. The first kappa shape index (κ1) is 23.8. The third kappa shape index (κ3) is 4.96. The number of thioether (sulfide) groups is 1. The summed E-state index contributed by atoms with van der Waals surface area (Å²) >= 11 is 4.45. The molecule has 0 unspecified atom stereocenters. The highest BCUT2D eigenvalue weighted by atomic mass is 79.9. The summed E-state index contributed by atoms with van der Waals surface area (Å²) in [6.07, 6.45) is 5.95. The average molecular weight is 530 g/mol. The molecule has 174 valence electrons. The first-order valence-corrected chi connectivity index (χ1v) is 12.9. The van der Waals surface area contributed by atoms with Gasteiger partial charge in [0.1, 0.15) is 6.54 Å². The maximum atomic E-state index is 13.0. The second-order valence-corrected chi connectivity index (χ2v) is 10.5. The molecular formula is C25H28BrN3O3S. The summed E-state index contributed by atoms with van der Waals surface area (Å²) in [5, 5.41) is -0.383. The number of aromatic nitrogens is 1. The Bertz CT molecular complexity index is 1150. The molecule has 2 aromatic rings. The van der Waals surface area contributed by atoms with Crippen molar-refractivity contribution < 1.29 is 14.4 Å². The molecule has 0 atom stereocenters. The first-order chi connectivity index (χ1) is 15.8. The summed E-state index contributed by atoms with van der Waals surface area (Å²) in [7, 11) is 0. The molecule has 2 aliphatic heterocycles. The van der Waals surface area contributed by atoms with Crippen LogP contribution in [0.4, 0.5) is 4.79 Å². The van der Waals surface area contributed by atoms with E-state index in [1.54, 1.807) is 11.0 Å². The van der Waals surface area contributed by atoms with Crippen LogP contribution >= 0.6 is 27.7 Å². The minimum Gasteiger partial charge on any atom is -0.341 e.